The Morgan fingerprint density at radius 3 is 2.31 bits per heavy atom. The van der Waals surface area contributed by atoms with Crippen molar-refractivity contribution in [2.45, 2.75) is 0 Å². The van der Waals surface area contributed by atoms with Crippen LogP contribution < -0.4 is 19.6 Å². The zero-order valence-corrected chi connectivity index (χ0v) is 14.0. The zero-order chi connectivity index (χ0) is 18.8. The zero-order valence-electron chi connectivity index (χ0n) is 14.0. The summed E-state index contributed by atoms with van der Waals surface area (Å²) in [5.74, 6) is -0.234. The molecule has 8 nitrogen and oxygen atoms in total. The number of methoxy groups -OCH3 is 1. The van der Waals surface area contributed by atoms with Gasteiger partial charge in [-0.3, -0.25) is 4.79 Å². The van der Waals surface area contributed by atoms with E-state index in [1.165, 1.54) is 13.3 Å². The summed E-state index contributed by atoms with van der Waals surface area (Å²) >= 11 is 0. The first-order valence-corrected chi connectivity index (χ1v) is 7.61. The second kappa shape index (κ2) is 9.67. The second-order valence-electron chi connectivity index (χ2n) is 4.95. The standard InChI is InChI=1S/C18H18N2O6/c1-24-15-8-4-5-9-16(15)25-11-17(21)20-19-10-13-6-2-3-7-14(13)26-12-18(22)23/h2-10H,11-12H2,1H3,(H,20,21)(H,22,23)/b19-10+. The summed E-state index contributed by atoms with van der Waals surface area (Å²) < 4.78 is 15.7. The van der Waals surface area contributed by atoms with Crippen LogP contribution in [0.15, 0.2) is 53.6 Å². The Morgan fingerprint density at radius 1 is 1.00 bits per heavy atom. The third-order valence-corrected chi connectivity index (χ3v) is 3.09. The van der Waals surface area contributed by atoms with Crippen LogP contribution in [0.25, 0.3) is 0 Å². The molecule has 2 aromatic carbocycles. The number of benzene rings is 2. The first-order chi connectivity index (χ1) is 12.6. The smallest absolute Gasteiger partial charge is 0.341 e. The van der Waals surface area contributed by atoms with Gasteiger partial charge in [0, 0.05) is 5.56 Å². The van der Waals surface area contributed by atoms with Gasteiger partial charge in [0.25, 0.3) is 5.91 Å². The molecule has 2 aromatic rings. The fourth-order valence-corrected chi connectivity index (χ4v) is 1.95. The van der Waals surface area contributed by atoms with Crippen molar-refractivity contribution in [1.29, 1.82) is 0 Å². The van der Waals surface area contributed by atoms with Crippen LogP contribution >= 0.6 is 0 Å². The van der Waals surface area contributed by atoms with Gasteiger partial charge in [-0.2, -0.15) is 5.10 Å². The monoisotopic (exact) mass is 358 g/mol. The molecule has 0 saturated heterocycles. The molecule has 2 N–H and O–H groups in total. The molecule has 0 fully saturated rings. The average Bonchev–Trinajstić information content (AvgIpc) is 2.65. The van der Waals surface area contributed by atoms with Crippen LogP contribution in [0.2, 0.25) is 0 Å². The second-order valence-corrected chi connectivity index (χ2v) is 4.95. The molecule has 8 heteroatoms. The van der Waals surface area contributed by atoms with E-state index in [2.05, 4.69) is 10.5 Å². The van der Waals surface area contributed by atoms with Gasteiger partial charge < -0.3 is 19.3 Å². The highest BCUT2D eigenvalue weighted by molar-refractivity contribution is 5.85. The lowest BCUT2D eigenvalue weighted by molar-refractivity contribution is -0.139. The maximum atomic E-state index is 11.8. The van der Waals surface area contributed by atoms with Gasteiger partial charge in [0.15, 0.2) is 24.7 Å². The fourth-order valence-electron chi connectivity index (χ4n) is 1.95. The lowest BCUT2D eigenvalue weighted by atomic mass is 10.2. The maximum absolute atomic E-state index is 11.8. The number of aliphatic carboxylic acids is 1. The van der Waals surface area contributed by atoms with Crippen LogP contribution in [0, 0.1) is 0 Å². The van der Waals surface area contributed by atoms with E-state index in [-0.39, 0.29) is 6.61 Å². The highest BCUT2D eigenvalue weighted by atomic mass is 16.5. The van der Waals surface area contributed by atoms with Crippen molar-refractivity contribution in [2.24, 2.45) is 5.10 Å². The molecule has 0 unspecified atom stereocenters. The Hall–Kier alpha value is -3.55. The number of amides is 1. The van der Waals surface area contributed by atoms with Crippen molar-refractivity contribution in [3.8, 4) is 17.2 Å². The first kappa shape index (κ1) is 18.8. The fraction of sp³-hybridized carbons (Fsp3) is 0.167. The van der Waals surface area contributed by atoms with Crippen molar-refractivity contribution >= 4 is 18.1 Å². The highest BCUT2D eigenvalue weighted by Gasteiger charge is 2.07. The lowest BCUT2D eigenvalue weighted by Gasteiger charge is -2.09. The van der Waals surface area contributed by atoms with Gasteiger partial charge in [0.05, 0.1) is 13.3 Å². The van der Waals surface area contributed by atoms with E-state index in [1.807, 2.05) is 0 Å². The van der Waals surface area contributed by atoms with Crippen LogP contribution in [-0.4, -0.2) is 43.5 Å². The molecule has 0 aliphatic heterocycles. The Kier molecular flexibility index (Phi) is 6.99. The van der Waals surface area contributed by atoms with Gasteiger partial charge in [0.1, 0.15) is 5.75 Å². The third kappa shape index (κ3) is 5.82. The summed E-state index contributed by atoms with van der Waals surface area (Å²) in [6, 6.07) is 13.7. The quantitative estimate of drug-likeness (QED) is 0.522. The molecule has 0 aliphatic rings. The predicted octanol–water partition coefficient (Wildman–Crippen LogP) is 1.69. The number of nitrogens with zero attached hydrogens (tertiary/aromatic N) is 1. The van der Waals surface area contributed by atoms with Crippen molar-refractivity contribution in [1.82, 2.24) is 5.43 Å². The number of carboxylic acid groups (broad SMARTS) is 1. The Balaban J connectivity index is 1.88. The van der Waals surface area contributed by atoms with Crippen molar-refractivity contribution in [3.63, 3.8) is 0 Å². The van der Waals surface area contributed by atoms with Crippen LogP contribution in [0.5, 0.6) is 17.2 Å². The molecule has 0 atom stereocenters. The lowest BCUT2D eigenvalue weighted by Crippen LogP contribution is -2.24. The summed E-state index contributed by atoms with van der Waals surface area (Å²) in [5, 5.41) is 12.5. The molecule has 2 rings (SSSR count). The molecule has 0 heterocycles. The number of hydrogen-bond donors (Lipinski definition) is 2. The molecular weight excluding hydrogens is 340 g/mol. The average molecular weight is 358 g/mol. The largest absolute Gasteiger partial charge is 0.493 e. The number of carbonyl (C=O) groups is 2. The first-order valence-electron chi connectivity index (χ1n) is 7.61. The van der Waals surface area contributed by atoms with Gasteiger partial charge in [-0.05, 0) is 24.3 Å². The Morgan fingerprint density at radius 2 is 1.62 bits per heavy atom. The predicted molar refractivity (Wildman–Crippen MR) is 93.8 cm³/mol. The van der Waals surface area contributed by atoms with Gasteiger partial charge in [0.2, 0.25) is 0 Å². The van der Waals surface area contributed by atoms with E-state index in [1.54, 1.807) is 48.5 Å². The van der Waals surface area contributed by atoms with E-state index in [9.17, 15) is 9.59 Å². The number of nitrogens with one attached hydrogen (secondary N) is 1. The summed E-state index contributed by atoms with van der Waals surface area (Å²) in [6.07, 6.45) is 1.36. The van der Waals surface area contributed by atoms with E-state index in [0.717, 1.165) is 0 Å². The molecule has 1 amide bonds. The third-order valence-electron chi connectivity index (χ3n) is 3.09. The highest BCUT2D eigenvalue weighted by Crippen LogP contribution is 2.25. The van der Waals surface area contributed by atoms with Gasteiger partial charge in [-0.15, -0.1) is 0 Å². The van der Waals surface area contributed by atoms with Gasteiger partial charge >= 0.3 is 5.97 Å². The number of para-hydroxylation sites is 3. The number of ether oxygens (including phenoxy) is 3. The van der Waals surface area contributed by atoms with Gasteiger partial charge in [-0.25, -0.2) is 10.2 Å². The topological polar surface area (TPSA) is 106 Å². The molecule has 0 aliphatic carbocycles. The maximum Gasteiger partial charge on any atom is 0.341 e. The van der Waals surface area contributed by atoms with Crippen LogP contribution in [0.4, 0.5) is 0 Å². The summed E-state index contributed by atoms with van der Waals surface area (Å²) in [7, 11) is 1.51. The minimum Gasteiger partial charge on any atom is -0.493 e. The summed E-state index contributed by atoms with van der Waals surface area (Å²) in [6.45, 7) is -0.709. The molecule has 136 valence electrons. The summed E-state index contributed by atoms with van der Waals surface area (Å²) in [5.41, 5.74) is 2.85. The van der Waals surface area contributed by atoms with Crippen LogP contribution in [0.1, 0.15) is 5.56 Å². The minimum atomic E-state index is -1.08. The Bertz CT molecular complexity index is 791. The van der Waals surface area contributed by atoms with Crippen LogP contribution in [-0.2, 0) is 9.59 Å². The van der Waals surface area contributed by atoms with Crippen molar-refractivity contribution in [3.05, 3.63) is 54.1 Å². The normalized spacial score (nSPS) is 10.3. The molecule has 0 saturated carbocycles. The molecule has 26 heavy (non-hydrogen) atoms. The van der Waals surface area contributed by atoms with Crippen molar-refractivity contribution < 1.29 is 28.9 Å². The minimum absolute atomic E-state index is 0.241. The van der Waals surface area contributed by atoms with E-state index >= 15 is 0 Å². The number of hydrazone groups is 1. The molecule has 0 spiro atoms. The number of rotatable bonds is 9. The molecule has 0 radical (unpaired) electrons. The molecule has 0 bridgehead atoms. The molecule has 0 aromatic heterocycles. The van der Waals surface area contributed by atoms with Gasteiger partial charge in [-0.1, -0.05) is 24.3 Å². The number of hydrogen-bond acceptors (Lipinski definition) is 6. The number of carboxylic acids is 1. The SMILES string of the molecule is COc1ccccc1OCC(=O)N/N=C/c1ccccc1OCC(=O)O. The van der Waals surface area contributed by atoms with E-state index in [4.69, 9.17) is 19.3 Å². The molecular formula is C18H18N2O6. The van der Waals surface area contributed by atoms with E-state index in [0.29, 0.717) is 22.8 Å². The Labute approximate surface area is 150 Å². The van der Waals surface area contributed by atoms with Crippen molar-refractivity contribution in [2.75, 3.05) is 20.3 Å². The summed E-state index contributed by atoms with van der Waals surface area (Å²) in [4.78, 5) is 22.4. The van der Waals surface area contributed by atoms with E-state index < -0.39 is 18.5 Å². The number of carbonyl (C=O) groups excluding carboxylic acids is 1. The van der Waals surface area contributed by atoms with Crippen LogP contribution in [0.3, 0.4) is 0 Å².